The van der Waals surface area contributed by atoms with Gasteiger partial charge in [-0.25, -0.2) is 0 Å². The second-order valence-electron chi connectivity index (χ2n) is 5.27. The molecule has 0 amide bonds. The molecule has 1 N–H and O–H groups in total. The number of likely N-dealkylation sites (N-methyl/N-ethyl adjacent to an activating group) is 2. The van der Waals surface area contributed by atoms with Gasteiger partial charge in [-0.1, -0.05) is 0 Å². The molecule has 5 heteroatoms. The molecule has 1 heterocycles. The molecule has 1 aliphatic rings. The molecule has 0 aromatic carbocycles. The van der Waals surface area contributed by atoms with Gasteiger partial charge in [-0.05, 0) is 34.5 Å². The Hall–Kier alpha value is -0.650. The Morgan fingerprint density at radius 3 is 2.65 bits per heavy atom. The molecule has 0 saturated carbocycles. The SMILES string of the molecule is COC(=O)C1(NCCN(C)C)CC(C)N(C)C1. The Morgan fingerprint density at radius 1 is 1.59 bits per heavy atom. The molecule has 2 atom stereocenters. The molecule has 5 nitrogen and oxygen atoms in total. The average molecular weight is 243 g/mol. The first-order valence-corrected chi connectivity index (χ1v) is 6.10. The summed E-state index contributed by atoms with van der Waals surface area (Å²) in [4.78, 5) is 16.3. The van der Waals surface area contributed by atoms with Gasteiger partial charge in [0.25, 0.3) is 0 Å². The van der Waals surface area contributed by atoms with Crippen molar-refractivity contribution in [3.05, 3.63) is 0 Å². The minimum atomic E-state index is -0.529. The maximum atomic E-state index is 12.0. The van der Waals surface area contributed by atoms with Gasteiger partial charge in [0.2, 0.25) is 0 Å². The van der Waals surface area contributed by atoms with Gasteiger partial charge in [0.15, 0.2) is 0 Å². The first kappa shape index (κ1) is 14.4. The molecule has 0 radical (unpaired) electrons. The third-order valence-corrected chi connectivity index (χ3v) is 3.51. The van der Waals surface area contributed by atoms with Crippen molar-refractivity contribution < 1.29 is 9.53 Å². The van der Waals surface area contributed by atoms with Crippen LogP contribution in [0.5, 0.6) is 0 Å². The molecule has 0 bridgehead atoms. The van der Waals surface area contributed by atoms with Gasteiger partial charge >= 0.3 is 5.97 Å². The van der Waals surface area contributed by atoms with E-state index >= 15 is 0 Å². The molecule has 0 spiro atoms. The van der Waals surface area contributed by atoms with Gasteiger partial charge in [-0.2, -0.15) is 0 Å². The Morgan fingerprint density at radius 2 is 2.24 bits per heavy atom. The van der Waals surface area contributed by atoms with E-state index < -0.39 is 5.54 Å². The summed E-state index contributed by atoms with van der Waals surface area (Å²) in [5.41, 5.74) is -0.529. The molecular formula is C12H25N3O2. The summed E-state index contributed by atoms with van der Waals surface area (Å²) in [5, 5.41) is 3.38. The van der Waals surface area contributed by atoms with Crippen molar-refractivity contribution in [1.29, 1.82) is 0 Å². The number of carbonyl (C=O) groups is 1. The summed E-state index contributed by atoms with van der Waals surface area (Å²) in [6, 6.07) is 0.404. The van der Waals surface area contributed by atoms with Crippen molar-refractivity contribution in [1.82, 2.24) is 15.1 Å². The van der Waals surface area contributed by atoms with Crippen LogP contribution in [-0.4, -0.2) is 75.2 Å². The van der Waals surface area contributed by atoms with Crippen LogP contribution in [0.1, 0.15) is 13.3 Å². The van der Waals surface area contributed by atoms with E-state index in [0.29, 0.717) is 12.6 Å². The van der Waals surface area contributed by atoms with Crippen molar-refractivity contribution in [2.45, 2.75) is 24.9 Å². The predicted molar refractivity (Wildman–Crippen MR) is 68.0 cm³/mol. The Bertz CT molecular complexity index is 258. The van der Waals surface area contributed by atoms with Crippen molar-refractivity contribution >= 4 is 5.97 Å². The zero-order valence-electron chi connectivity index (χ0n) is 11.6. The fourth-order valence-electron chi connectivity index (χ4n) is 2.37. The number of rotatable bonds is 5. The topological polar surface area (TPSA) is 44.8 Å². The lowest BCUT2D eigenvalue weighted by atomic mass is 9.96. The number of nitrogens with zero attached hydrogens (tertiary/aromatic N) is 2. The summed E-state index contributed by atoms with van der Waals surface area (Å²) < 4.78 is 4.95. The van der Waals surface area contributed by atoms with Crippen LogP contribution in [0.2, 0.25) is 0 Å². The number of ether oxygens (including phenoxy) is 1. The third-order valence-electron chi connectivity index (χ3n) is 3.51. The molecule has 100 valence electrons. The van der Waals surface area contributed by atoms with Gasteiger partial charge < -0.3 is 14.5 Å². The summed E-state index contributed by atoms with van der Waals surface area (Å²) in [6.07, 6.45) is 0.809. The summed E-state index contributed by atoms with van der Waals surface area (Å²) in [5.74, 6) is -0.146. The molecule has 1 aliphatic heterocycles. The first-order valence-electron chi connectivity index (χ1n) is 6.10. The van der Waals surface area contributed by atoms with E-state index in [1.54, 1.807) is 0 Å². The van der Waals surface area contributed by atoms with E-state index in [9.17, 15) is 4.79 Å². The summed E-state index contributed by atoms with van der Waals surface area (Å²) in [6.45, 7) is 4.56. The van der Waals surface area contributed by atoms with Gasteiger partial charge in [-0.15, -0.1) is 0 Å². The molecule has 1 fully saturated rings. The summed E-state index contributed by atoms with van der Waals surface area (Å²) in [7, 11) is 7.55. The Labute approximate surface area is 104 Å². The van der Waals surface area contributed by atoms with Crippen LogP contribution in [-0.2, 0) is 9.53 Å². The van der Waals surface area contributed by atoms with Gasteiger partial charge in [0.05, 0.1) is 7.11 Å². The number of hydrogen-bond donors (Lipinski definition) is 1. The van der Waals surface area contributed by atoms with Crippen LogP contribution in [0.4, 0.5) is 0 Å². The highest BCUT2D eigenvalue weighted by atomic mass is 16.5. The van der Waals surface area contributed by atoms with E-state index in [1.165, 1.54) is 7.11 Å². The maximum Gasteiger partial charge on any atom is 0.327 e. The minimum Gasteiger partial charge on any atom is -0.468 e. The van der Waals surface area contributed by atoms with Crippen molar-refractivity contribution in [3.63, 3.8) is 0 Å². The number of carbonyl (C=O) groups excluding carboxylic acids is 1. The summed E-state index contributed by atoms with van der Waals surface area (Å²) >= 11 is 0. The molecule has 0 aliphatic carbocycles. The average Bonchev–Trinajstić information content (AvgIpc) is 2.54. The molecule has 0 aromatic rings. The fourth-order valence-corrected chi connectivity index (χ4v) is 2.37. The molecule has 0 aromatic heterocycles. The van der Waals surface area contributed by atoms with Gasteiger partial charge in [0.1, 0.15) is 5.54 Å². The van der Waals surface area contributed by atoms with Crippen LogP contribution in [0.15, 0.2) is 0 Å². The van der Waals surface area contributed by atoms with Crippen molar-refractivity contribution in [2.75, 3.05) is 47.9 Å². The van der Waals surface area contributed by atoms with E-state index in [2.05, 4.69) is 22.0 Å². The maximum absolute atomic E-state index is 12.0. The largest absolute Gasteiger partial charge is 0.468 e. The molecule has 1 rings (SSSR count). The molecule has 2 unspecified atom stereocenters. The van der Waals surface area contributed by atoms with Crippen molar-refractivity contribution in [3.8, 4) is 0 Å². The molecule has 17 heavy (non-hydrogen) atoms. The lowest BCUT2D eigenvalue weighted by Crippen LogP contribution is -2.55. The fraction of sp³-hybridized carbons (Fsp3) is 0.917. The zero-order valence-corrected chi connectivity index (χ0v) is 11.6. The lowest BCUT2D eigenvalue weighted by molar-refractivity contribution is -0.148. The van der Waals surface area contributed by atoms with Crippen LogP contribution < -0.4 is 5.32 Å². The Balaban J connectivity index is 2.65. The lowest BCUT2D eigenvalue weighted by Gasteiger charge is -2.28. The van der Waals surface area contributed by atoms with E-state index in [-0.39, 0.29) is 5.97 Å². The van der Waals surface area contributed by atoms with E-state index in [4.69, 9.17) is 4.74 Å². The second-order valence-corrected chi connectivity index (χ2v) is 5.27. The third kappa shape index (κ3) is 3.40. The monoisotopic (exact) mass is 243 g/mol. The first-order chi connectivity index (χ1) is 7.91. The standard InChI is InChI=1S/C12H25N3O2/c1-10-8-12(9-15(10)4,11(16)17-5)13-6-7-14(2)3/h10,13H,6-9H2,1-5H3. The van der Waals surface area contributed by atoms with Gasteiger partial charge in [0, 0.05) is 25.7 Å². The zero-order chi connectivity index (χ0) is 13.1. The minimum absolute atomic E-state index is 0.146. The molecular weight excluding hydrogens is 218 g/mol. The van der Waals surface area contributed by atoms with Crippen LogP contribution >= 0.6 is 0 Å². The van der Waals surface area contributed by atoms with Crippen molar-refractivity contribution in [2.24, 2.45) is 0 Å². The van der Waals surface area contributed by atoms with Crippen LogP contribution in [0, 0.1) is 0 Å². The highest BCUT2D eigenvalue weighted by molar-refractivity contribution is 5.81. The highest BCUT2D eigenvalue weighted by Gasteiger charge is 2.47. The van der Waals surface area contributed by atoms with E-state index in [1.807, 2.05) is 21.1 Å². The number of nitrogens with one attached hydrogen (secondary N) is 1. The van der Waals surface area contributed by atoms with Crippen LogP contribution in [0.3, 0.4) is 0 Å². The van der Waals surface area contributed by atoms with E-state index in [0.717, 1.165) is 19.5 Å². The predicted octanol–water partition coefficient (Wildman–Crippen LogP) is -0.227. The van der Waals surface area contributed by atoms with Gasteiger partial charge in [-0.3, -0.25) is 10.1 Å². The number of methoxy groups -OCH3 is 1. The van der Waals surface area contributed by atoms with Crippen LogP contribution in [0.25, 0.3) is 0 Å². The smallest absolute Gasteiger partial charge is 0.327 e. The number of likely N-dealkylation sites (tertiary alicyclic amines) is 1. The molecule has 1 saturated heterocycles. The highest BCUT2D eigenvalue weighted by Crippen LogP contribution is 2.26. The second kappa shape index (κ2) is 5.80. The quantitative estimate of drug-likeness (QED) is 0.676. The number of esters is 1. The Kier molecular flexibility index (Phi) is 4.91. The normalized spacial score (nSPS) is 29.9. The number of hydrogen-bond acceptors (Lipinski definition) is 5.